The van der Waals surface area contributed by atoms with Crippen LogP contribution in [0.1, 0.15) is 37.2 Å². The van der Waals surface area contributed by atoms with Crippen LogP contribution in [0.15, 0.2) is 48.5 Å². The summed E-state index contributed by atoms with van der Waals surface area (Å²) in [4.78, 5) is 18.7. The van der Waals surface area contributed by atoms with E-state index in [2.05, 4.69) is 4.57 Å². The number of carbonyl (C=O) groups is 1. The molecule has 0 unspecified atom stereocenters. The molecular weight excluding hydrogens is 317 g/mol. The second-order valence-electron chi connectivity index (χ2n) is 6.54. The van der Waals surface area contributed by atoms with Gasteiger partial charge in [0, 0.05) is 20.0 Å². The number of halogens is 1. The van der Waals surface area contributed by atoms with E-state index in [1.165, 1.54) is 12.1 Å². The van der Waals surface area contributed by atoms with E-state index in [0.29, 0.717) is 6.54 Å². The molecule has 4 rings (SSSR count). The molecule has 0 spiro atoms. The van der Waals surface area contributed by atoms with Crippen molar-refractivity contribution in [1.29, 1.82) is 0 Å². The Hall–Kier alpha value is -2.69. The number of likely N-dealkylation sites (tertiary alicyclic amines) is 1. The van der Waals surface area contributed by atoms with Gasteiger partial charge in [-0.05, 0) is 42.7 Å². The third-order valence-electron chi connectivity index (χ3n) is 4.89. The number of aromatic nitrogens is 2. The Morgan fingerprint density at radius 2 is 1.96 bits per heavy atom. The molecule has 1 aromatic heterocycles. The summed E-state index contributed by atoms with van der Waals surface area (Å²) in [6, 6.07) is 14.6. The Morgan fingerprint density at radius 1 is 1.20 bits per heavy atom. The van der Waals surface area contributed by atoms with Gasteiger partial charge < -0.3 is 9.47 Å². The van der Waals surface area contributed by atoms with Crippen molar-refractivity contribution < 1.29 is 9.18 Å². The highest BCUT2D eigenvalue weighted by Crippen LogP contribution is 2.33. The molecule has 25 heavy (non-hydrogen) atoms. The van der Waals surface area contributed by atoms with Crippen molar-refractivity contribution in [2.45, 2.75) is 32.4 Å². The SMILES string of the molecule is CC(=O)N1CCC[C@@H]1c1nc2ccccc2n1Cc1ccc(F)cc1. The van der Waals surface area contributed by atoms with E-state index in [-0.39, 0.29) is 17.8 Å². The van der Waals surface area contributed by atoms with Crippen LogP contribution in [0, 0.1) is 5.82 Å². The van der Waals surface area contributed by atoms with Gasteiger partial charge in [0.05, 0.1) is 17.1 Å². The minimum Gasteiger partial charge on any atom is -0.333 e. The van der Waals surface area contributed by atoms with E-state index < -0.39 is 0 Å². The molecule has 1 amide bonds. The van der Waals surface area contributed by atoms with Crippen molar-refractivity contribution in [3.8, 4) is 0 Å². The molecule has 0 radical (unpaired) electrons. The van der Waals surface area contributed by atoms with Crippen LogP contribution in [0.2, 0.25) is 0 Å². The molecule has 1 saturated heterocycles. The summed E-state index contributed by atoms with van der Waals surface area (Å²) in [7, 11) is 0. The lowest BCUT2D eigenvalue weighted by Crippen LogP contribution is -2.30. The molecule has 1 fully saturated rings. The number of benzene rings is 2. The van der Waals surface area contributed by atoms with E-state index in [9.17, 15) is 9.18 Å². The highest BCUT2D eigenvalue weighted by Gasteiger charge is 2.32. The highest BCUT2D eigenvalue weighted by atomic mass is 19.1. The Kier molecular flexibility index (Phi) is 3.99. The minimum atomic E-state index is -0.238. The van der Waals surface area contributed by atoms with E-state index in [4.69, 9.17) is 4.98 Å². The van der Waals surface area contributed by atoms with Crippen LogP contribution in [0.4, 0.5) is 4.39 Å². The number of fused-ring (bicyclic) bond motifs is 1. The summed E-state index contributed by atoms with van der Waals surface area (Å²) in [5, 5.41) is 0. The molecule has 1 aliphatic rings. The molecule has 1 atom stereocenters. The molecule has 2 heterocycles. The molecule has 2 aromatic carbocycles. The summed E-state index contributed by atoms with van der Waals surface area (Å²) in [5.74, 6) is 0.763. The summed E-state index contributed by atoms with van der Waals surface area (Å²) < 4.78 is 15.4. The van der Waals surface area contributed by atoms with Crippen LogP contribution >= 0.6 is 0 Å². The lowest BCUT2D eigenvalue weighted by atomic mass is 10.2. The fraction of sp³-hybridized carbons (Fsp3) is 0.300. The Morgan fingerprint density at radius 3 is 2.72 bits per heavy atom. The average Bonchev–Trinajstić information content (AvgIpc) is 3.22. The number of nitrogens with zero attached hydrogens (tertiary/aromatic N) is 3. The second-order valence-corrected chi connectivity index (χ2v) is 6.54. The molecule has 1 aliphatic heterocycles. The van der Waals surface area contributed by atoms with Crippen molar-refractivity contribution in [3.63, 3.8) is 0 Å². The number of amides is 1. The van der Waals surface area contributed by atoms with Crippen molar-refractivity contribution >= 4 is 16.9 Å². The second kappa shape index (κ2) is 6.31. The number of rotatable bonds is 3. The lowest BCUT2D eigenvalue weighted by molar-refractivity contribution is -0.129. The first-order valence-electron chi connectivity index (χ1n) is 8.60. The topological polar surface area (TPSA) is 38.1 Å². The lowest BCUT2D eigenvalue weighted by Gasteiger charge is -2.24. The van der Waals surface area contributed by atoms with Crippen molar-refractivity contribution in [2.24, 2.45) is 0 Å². The Bertz CT molecular complexity index is 916. The van der Waals surface area contributed by atoms with Gasteiger partial charge in [-0.15, -0.1) is 0 Å². The molecule has 3 aromatic rings. The van der Waals surface area contributed by atoms with Crippen LogP contribution in [-0.4, -0.2) is 26.9 Å². The first kappa shape index (κ1) is 15.8. The average molecular weight is 337 g/mol. The fourth-order valence-corrected chi connectivity index (χ4v) is 3.70. The van der Waals surface area contributed by atoms with Gasteiger partial charge in [0.1, 0.15) is 11.6 Å². The maximum absolute atomic E-state index is 13.2. The van der Waals surface area contributed by atoms with Gasteiger partial charge in [-0.1, -0.05) is 24.3 Å². The van der Waals surface area contributed by atoms with Crippen LogP contribution < -0.4 is 0 Å². The van der Waals surface area contributed by atoms with Crippen LogP contribution in [0.5, 0.6) is 0 Å². The molecule has 0 aliphatic carbocycles. The zero-order valence-corrected chi connectivity index (χ0v) is 14.2. The van der Waals surface area contributed by atoms with E-state index in [0.717, 1.165) is 41.8 Å². The van der Waals surface area contributed by atoms with Gasteiger partial charge in [0.25, 0.3) is 0 Å². The number of imidazole rings is 1. The van der Waals surface area contributed by atoms with Crippen molar-refractivity contribution in [1.82, 2.24) is 14.5 Å². The summed E-state index contributed by atoms with van der Waals surface area (Å²) in [6.07, 6.45) is 1.91. The number of hydrogen-bond donors (Lipinski definition) is 0. The van der Waals surface area contributed by atoms with Gasteiger partial charge in [0.2, 0.25) is 5.91 Å². The standard InChI is InChI=1S/C20H20FN3O/c1-14(25)23-12-4-7-19(23)20-22-17-5-2-3-6-18(17)24(20)13-15-8-10-16(21)11-9-15/h2-3,5-6,8-11,19H,4,7,12-13H2,1H3/t19-/m1/s1. The summed E-state index contributed by atoms with van der Waals surface area (Å²) in [6.45, 7) is 3.00. The Balaban J connectivity index is 1.80. The van der Waals surface area contributed by atoms with Crippen molar-refractivity contribution in [3.05, 3.63) is 65.7 Å². The molecule has 0 bridgehead atoms. The summed E-state index contributed by atoms with van der Waals surface area (Å²) >= 11 is 0. The zero-order valence-electron chi connectivity index (χ0n) is 14.2. The third-order valence-corrected chi connectivity index (χ3v) is 4.89. The maximum atomic E-state index is 13.2. The predicted octanol–water partition coefficient (Wildman–Crippen LogP) is 3.91. The third kappa shape index (κ3) is 2.90. The van der Waals surface area contributed by atoms with Gasteiger partial charge in [-0.25, -0.2) is 9.37 Å². The number of hydrogen-bond acceptors (Lipinski definition) is 2. The highest BCUT2D eigenvalue weighted by molar-refractivity contribution is 5.77. The fourth-order valence-electron chi connectivity index (χ4n) is 3.70. The zero-order chi connectivity index (χ0) is 17.4. The van der Waals surface area contributed by atoms with Crippen LogP contribution in [0.3, 0.4) is 0 Å². The monoisotopic (exact) mass is 337 g/mol. The van der Waals surface area contributed by atoms with Crippen molar-refractivity contribution in [2.75, 3.05) is 6.54 Å². The van der Waals surface area contributed by atoms with Gasteiger partial charge in [-0.3, -0.25) is 4.79 Å². The molecule has 4 nitrogen and oxygen atoms in total. The quantitative estimate of drug-likeness (QED) is 0.727. The molecular formula is C20H20FN3O. The minimum absolute atomic E-state index is 0.00495. The summed E-state index contributed by atoms with van der Waals surface area (Å²) in [5.41, 5.74) is 2.98. The first-order chi connectivity index (χ1) is 12.1. The van der Waals surface area contributed by atoms with E-state index >= 15 is 0 Å². The molecule has 0 saturated carbocycles. The smallest absolute Gasteiger partial charge is 0.220 e. The molecule has 0 N–H and O–H groups in total. The van der Waals surface area contributed by atoms with Crippen LogP contribution in [-0.2, 0) is 11.3 Å². The Labute approximate surface area is 145 Å². The maximum Gasteiger partial charge on any atom is 0.220 e. The van der Waals surface area contributed by atoms with E-state index in [1.54, 1.807) is 19.1 Å². The van der Waals surface area contributed by atoms with Gasteiger partial charge in [-0.2, -0.15) is 0 Å². The van der Waals surface area contributed by atoms with Crippen LogP contribution in [0.25, 0.3) is 11.0 Å². The normalized spacial score (nSPS) is 17.4. The number of carbonyl (C=O) groups excluding carboxylic acids is 1. The molecule has 128 valence electrons. The van der Waals surface area contributed by atoms with Gasteiger partial charge >= 0.3 is 0 Å². The van der Waals surface area contributed by atoms with E-state index in [1.807, 2.05) is 29.2 Å². The van der Waals surface area contributed by atoms with Gasteiger partial charge in [0.15, 0.2) is 0 Å². The largest absolute Gasteiger partial charge is 0.333 e. The molecule has 5 heteroatoms. The predicted molar refractivity (Wildman–Crippen MR) is 94.6 cm³/mol. The first-order valence-corrected chi connectivity index (χ1v) is 8.60. The number of para-hydroxylation sites is 2.